The van der Waals surface area contributed by atoms with Crippen LogP contribution in [0.25, 0.3) is 0 Å². The van der Waals surface area contributed by atoms with Gasteiger partial charge in [-0.3, -0.25) is 4.79 Å². The van der Waals surface area contributed by atoms with Gasteiger partial charge in [0.15, 0.2) is 6.10 Å². The maximum Gasteiger partial charge on any atom is 0.509 e. The zero-order chi connectivity index (χ0) is 8.97. The van der Waals surface area contributed by atoms with Crippen molar-refractivity contribution in [3.8, 4) is 0 Å². The van der Waals surface area contributed by atoms with Crippen LogP contribution in [0, 0.1) is 0 Å². The molecule has 12 heavy (non-hydrogen) atoms. The van der Waals surface area contributed by atoms with Gasteiger partial charge in [-0.05, 0) is 6.92 Å². The van der Waals surface area contributed by atoms with E-state index in [1.807, 2.05) is 0 Å². The van der Waals surface area contributed by atoms with E-state index in [0.29, 0.717) is 13.0 Å². The van der Waals surface area contributed by atoms with Crippen LogP contribution in [-0.2, 0) is 14.3 Å². The lowest BCUT2D eigenvalue weighted by Gasteiger charge is -2.07. The van der Waals surface area contributed by atoms with Gasteiger partial charge in [-0.15, -0.1) is 0 Å². The Balaban J connectivity index is 2.30. The lowest BCUT2D eigenvalue weighted by Crippen LogP contribution is -2.27. The molecular weight excluding hydrogens is 162 g/mol. The summed E-state index contributed by atoms with van der Waals surface area (Å²) in [5.41, 5.74) is 0. The average molecular weight is 173 g/mol. The normalized spacial score (nSPS) is 21.8. The number of hydrogen-bond acceptors (Lipinski definition) is 4. The summed E-state index contributed by atoms with van der Waals surface area (Å²) in [7, 11) is 0. The molecule has 1 saturated heterocycles. The van der Waals surface area contributed by atoms with Gasteiger partial charge in [0.2, 0.25) is 0 Å². The number of carbonyl (C=O) groups is 2. The summed E-state index contributed by atoms with van der Waals surface area (Å²) in [6, 6.07) is 0. The molecule has 1 amide bonds. The smallest absolute Gasteiger partial charge is 0.435 e. The molecular formula is C7H11NO4. The Morgan fingerprint density at radius 3 is 3.00 bits per heavy atom. The first-order valence-corrected chi connectivity index (χ1v) is 3.85. The molecule has 0 aromatic carbocycles. The van der Waals surface area contributed by atoms with Gasteiger partial charge in [0.25, 0.3) is 5.91 Å². The molecule has 1 fully saturated rings. The first-order chi connectivity index (χ1) is 5.74. The fraction of sp³-hybridized carbons (Fsp3) is 0.714. The fourth-order valence-electron chi connectivity index (χ4n) is 0.952. The van der Waals surface area contributed by atoms with Crippen LogP contribution in [0.3, 0.4) is 0 Å². The van der Waals surface area contributed by atoms with Gasteiger partial charge in [-0.2, -0.15) is 0 Å². The maximum absolute atomic E-state index is 10.9. The van der Waals surface area contributed by atoms with Crippen LogP contribution in [0.15, 0.2) is 0 Å². The highest BCUT2D eigenvalue weighted by atomic mass is 16.7. The molecule has 1 heterocycles. The molecule has 68 valence electrons. The van der Waals surface area contributed by atoms with E-state index in [0.717, 1.165) is 0 Å². The number of rotatable bonds is 2. The van der Waals surface area contributed by atoms with Crippen LogP contribution in [0.1, 0.15) is 13.3 Å². The third-order valence-corrected chi connectivity index (χ3v) is 1.50. The topological polar surface area (TPSA) is 64.6 Å². The molecule has 0 radical (unpaired) electrons. The minimum Gasteiger partial charge on any atom is -0.435 e. The van der Waals surface area contributed by atoms with E-state index in [2.05, 4.69) is 10.1 Å². The molecule has 1 aliphatic rings. The molecule has 5 nitrogen and oxygen atoms in total. The van der Waals surface area contributed by atoms with Crippen molar-refractivity contribution in [2.24, 2.45) is 0 Å². The Labute approximate surface area is 70.0 Å². The van der Waals surface area contributed by atoms with Crippen molar-refractivity contribution < 1.29 is 19.1 Å². The van der Waals surface area contributed by atoms with Crippen LogP contribution in [-0.4, -0.2) is 31.3 Å². The standard InChI is InChI=1S/C7H11NO4/c1-2-11-7(10)12-5-3-4-8-6(5)9/h5H,2-4H2,1H3,(H,8,9). The van der Waals surface area contributed by atoms with Crippen molar-refractivity contribution in [1.29, 1.82) is 0 Å². The van der Waals surface area contributed by atoms with Crippen molar-refractivity contribution in [3.05, 3.63) is 0 Å². The second-order valence-corrected chi connectivity index (χ2v) is 2.37. The van der Waals surface area contributed by atoms with E-state index >= 15 is 0 Å². The fourth-order valence-corrected chi connectivity index (χ4v) is 0.952. The first-order valence-electron chi connectivity index (χ1n) is 3.85. The van der Waals surface area contributed by atoms with Gasteiger partial charge in [-0.1, -0.05) is 0 Å². The van der Waals surface area contributed by atoms with E-state index in [1.54, 1.807) is 6.92 Å². The summed E-state index contributed by atoms with van der Waals surface area (Å²) in [5.74, 6) is -0.247. The SMILES string of the molecule is CCOC(=O)OC1CCNC1=O. The van der Waals surface area contributed by atoms with Crippen molar-refractivity contribution >= 4 is 12.1 Å². The highest BCUT2D eigenvalue weighted by Crippen LogP contribution is 2.05. The second kappa shape index (κ2) is 3.94. The minimum absolute atomic E-state index is 0.247. The number of ether oxygens (including phenoxy) is 2. The molecule has 1 aliphatic heterocycles. The van der Waals surface area contributed by atoms with Crippen molar-refractivity contribution in [2.45, 2.75) is 19.4 Å². The molecule has 0 aromatic heterocycles. The number of hydrogen-bond donors (Lipinski definition) is 1. The largest absolute Gasteiger partial charge is 0.509 e. The van der Waals surface area contributed by atoms with Crippen LogP contribution >= 0.6 is 0 Å². The lowest BCUT2D eigenvalue weighted by atomic mass is 10.3. The zero-order valence-corrected chi connectivity index (χ0v) is 6.83. The van der Waals surface area contributed by atoms with Crippen molar-refractivity contribution in [2.75, 3.05) is 13.2 Å². The Morgan fingerprint density at radius 2 is 2.50 bits per heavy atom. The van der Waals surface area contributed by atoms with Crippen LogP contribution in [0.4, 0.5) is 4.79 Å². The summed E-state index contributed by atoms with van der Waals surface area (Å²) < 4.78 is 9.20. The van der Waals surface area contributed by atoms with Gasteiger partial charge >= 0.3 is 6.16 Å². The Kier molecular flexibility index (Phi) is 2.90. The van der Waals surface area contributed by atoms with Crippen molar-refractivity contribution in [1.82, 2.24) is 5.32 Å². The van der Waals surface area contributed by atoms with Crippen LogP contribution in [0.5, 0.6) is 0 Å². The predicted molar refractivity (Wildman–Crippen MR) is 39.5 cm³/mol. The third kappa shape index (κ3) is 2.11. The summed E-state index contributed by atoms with van der Waals surface area (Å²) in [6.07, 6.45) is -0.916. The molecule has 1 unspecified atom stereocenters. The third-order valence-electron chi connectivity index (χ3n) is 1.50. The zero-order valence-electron chi connectivity index (χ0n) is 6.83. The van der Waals surface area contributed by atoms with Gasteiger partial charge in [0, 0.05) is 13.0 Å². The molecule has 5 heteroatoms. The molecule has 1 N–H and O–H groups in total. The predicted octanol–water partition coefficient (Wildman–Crippen LogP) is 0.0480. The summed E-state index contributed by atoms with van der Waals surface area (Å²) in [4.78, 5) is 21.6. The van der Waals surface area contributed by atoms with Gasteiger partial charge < -0.3 is 14.8 Å². The average Bonchev–Trinajstić information content (AvgIpc) is 2.37. The van der Waals surface area contributed by atoms with E-state index in [9.17, 15) is 9.59 Å². The monoisotopic (exact) mass is 173 g/mol. The van der Waals surface area contributed by atoms with Crippen LogP contribution < -0.4 is 5.32 Å². The second-order valence-electron chi connectivity index (χ2n) is 2.37. The van der Waals surface area contributed by atoms with Gasteiger partial charge in [0.05, 0.1) is 6.61 Å². The number of carbonyl (C=O) groups excluding carboxylic acids is 2. The number of nitrogens with one attached hydrogen (secondary N) is 1. The molecule has 0 aromatic rings. The Morgan fingerprint density at radius 1 is 1.75 bits per heavy atom. The molecule has 0 aliphatic carbocycles. The van der Waals surface area contributed by atoms with Gasteiger partial charge in [0.1, 0.15) is 0 Å². The molecule has 1 atom stereocenters. The first kappa shape index (κ1) is 8.83. The summed E-state index contributed by atoms with van der Waals surface area (Å²) in [6.45, 7) is 2.49. The van der Waals surface area contributed by atoms with Crippen molar-refractivity contribution in [3.63, 3.8) is 0 Å². The molecule has 0 spiro atoms. The minimum atomic E-state index is -0.778. The van der Waals surface area contributed by atoms with Gasteiger partial charge in [-0.25, -0.2) is 4.79 Å². The number of amides is 1. The van der Waals surface area contributed by atoms with E-state index in [-0.39, 0.29) is 12.5 Å². The Hall–Kier alpha value is -1.26. The summed E-state index contributed by atoms with van der Waals surface area (Å²) in [5, 5.41) is 2.55. The van der Waals surface area contributed by atoms with E-state index in [4.69, 9.17) is 4.74 Å². The highest BCUT2D eigenvalue weighted by Gasteiger charge is 2.28. The molecule has 0 bridgehead atoms. The molecule has 1 rings (SSSR count). The maximum atomic E-state index is 10.9. The highest BCUT2D eigenvalue weighted by molar-refractivity contribution is 5.84. The Bertz CT molecular complexity index is 192. The van der Waals surface area contributed by atoms with E-state index in [1.165, 1.54) is 0 Å². The van der Waals surface area contributed by atoms with E-state index < -0.39 is 12.3 Å². The lowest BCUT2D eigenvalue weighted by molar-refractivity contribution is -0.127. The van der Waals surface area contributed by atoms with Crippen LogP contribution in [0.2, 0.25) is 0 Å². The quantitative estimate of drug-likeness (QED) is 0.599. The summed E-state index contributed by atoms with van der Waals surface area (Å²) >= 11 is 0. The molecule has 0 saturated carbocycles.